The highest BCUT2D eigenvalue weighted by Crippen LogP contribution is 2.09. The van der Waals surface area contributed by atoms with Crippen LogP contribution < -0.4 is 5.32 Å². The molecular weight excluding hydrogens is 234 g/mol. The van der Waals surface area contributed by atoms with Crippen LogP contribution in [0, 0.1) is 0 Å². The average Bonchev–Trinajstić information content (AvgIpc) is 2.85. The fraction of sp³-hybridized carbons (Fsp3) is 0.455. The molecule has 0 saturated carbocycles. The van der Waals surface area contributed by atoms with E-state index < -0.39 is 0 Å². The molecule has 1 amide bonds. The molecule has 2 N–H and O–H groups in total. The topological polar surface area (TPSA) is 92.4 Å². The number of hydrogen-bond donors (Lipinski definition) is 2. The lowest BCUT2D eigenvalue weighted by molar-refractivity contribution is 0.0920. The van der Waals surface area contributed by atoms with E-state index in [1.807, 2.05) is 6.92 Å². The van der Waals surface area contributed by atoms with Crippen molar-refractivity contribution < 1.29 is 9.90 Å². The van der Waals surface area contributed by atoms with Crippen molar-refractivity contribution >= 4 is 11.7 Å². The molecule has 7 heteroatoms. The molecule has 7 nitrogen and oxygen atoms in total. The SMILES string of the molecule is CCc1c(C(=O)N[C@H](C)CO)cnc2ncnn12. The van der Waals surface area contributed by atoms with Crippen molar-refractivity contribution in [3.8, 4) is 0 Å². The van der Waals surface area contributed by atoms with Crippen molar-refractivity contribution in [3.05, 3.63) is 23.8 Å². The second-order valence-electron chi connectivity index (χ2n) is 4.00. The molecule has 1 atom stereocenters. The Kier molecular flexibility index (Phi) is 3.52. The Morgan fingerprint density at radius 1 is 1.56 bits per heavy atom. The van der Waals surface area contributed by atoms with Crippen LogP contribution in [0.2, 0.25) is 0 Å². The molecule has 96 valence electrons. The maximum absolute atomic E-state index is 12.0. The largest absolute Gasteiger partial charge is 0.394 e. The number of aliphatic hydroxyl groups excluding tert-OH is 1. The first kappa shape index (κ1) is 12.4. The van der Waals surface area contributed by atoms with E-state index in [1.165, 1.54) is 12.5 Å². The van der Waals surface area contributed by atoms with Gasteiger partial charge >= 0.3 is 0 Å². The van der Waals surface area contributed by atoms with Gasteiger partial charge in [0.2, 0.25) is 0 Å². The monoisotopic (exact) mass is 249 g/mol. The van der Waals surface area contributed by atoms with Crippen molar-refractivity contribution in [2.24, 2.45) is 0 Å². The van der Waals surface area contributed by atoms with Gasteiger partial charge in [-0.15, -0.1) is 0 Å². The van der Waals surface area contributed by atoms with E-state index in [-0.39, 0.29) is 18.6 Å². The molecule has 0 radical (unpaired) electrons. The normalized spacial score (nSPS) is 12.6. The van der Waals surface area contributed by atoms with Crippen LogP contribution in [0.4, 0.5) is 0 Å². The van der Waals surface area contributed by atoms with Crippen LogP contribution in [0.25, 0.3) is 5.78 Å². The van der Waals surface area contributed by atoms with Crippen LogP contribution in [-0.4, -0.2) is 43.2 Å². The zero-order chi connectivity index (χ0) is 13.1. The van der Waals surface area contributed by atoms with Crippen molar-refractivity contribution in [1.29, 1.82) is 0 Å². The average molecular weight is 249 g/mol. The van der Waals surface area contributed by atoms with Crippen LogP contribution in [0.1, 0.15) is 29.9 Å². The minimum atomic E-state index is -0.298. The first-order valence-electron chi connectivity index (χ1n) is 5.76. The lowest BCUT2D eigenvalue weighted by Crippen LogP contribution is -2.36. The number of carbonyl (C=O) groups excluding carboxylic acids is 1. The standard InChI is InChI=1S/C11H15N5O2/c1-3-9-8(10(18)15-7(2)5-17)4-12-11-13-6-14-16(9)11/h4,6-7,17H,3,5H2,1-2H3,(H,15,18)/t7-/m1/s1. The molecule has 0 spiro atoms. The molecule has 0 aliphatic carbocycles. The third-order valence-electron chi connectivity index (χ3n) is 2.64. The Hall–Kier alpha value is -2.02. The Bertz CT molecular complexity index is 566. The predicted octanol–water partition coefficient (Wildman–Crippen LogP) is -0.203. The van der Waals surface area contributed by atoms with Gasteiger partial charge in [-0.1, -0.05) is 6.92 Å². The lowest BCUT2D eigenvalue weighted by atomic mass is 10.1. The number of fused-ring (bicyclic) bond motifs is 1. The van der Waals surface area contributed by atoms with E-state index in [1.54, 1.807) is 11.4 Å². The Balaban J connectivity index is 2.40. The highest BCUT2D eigenvalue weighted by atomic mass is 16.3. The number of rotatable bonds is 4. The molecule has 0 saturated heterocycles. The summed E-state index contributed by atoms with van der Waals surface area (Å²) in [6.07, 6.45) is 3.53. The van der Waals surface area contributed by atoms with E-state index >= 15 is 0 Å². The summed E-state index contributed by atoms with van der Waals surface area (Å²) in [5, 5.41) is 15.7. The highest BCUT2D eigenvalue weighted by molar-refractivity contribution is 5.95. The fourth-order valence-electron chi connectivity index (χ4n) is 1.70. The molecule has 2 aromatic rings. The minimum absolute atomic E-state index is 0.105. The van der Waals surface area contributed by atoms with Gasteiger partial charge in [0.05, 0.1) is 17.9 Å². The minimum Gasteiger partial charge on any atom is -0.394 e. The summed E-state index contributed by atoms with van der Waals surface area (Å²) in [6, 6.07) is -0.298. The number of aliphatic hydroxyl groups is 1. The van der Waals surface area contributed by atoms with Gasteiger partial charge < -0.3 is 10.4 Å². The van der Waals surface area contributed by atoms with Crippen LogP contribution in [-0.2, 0) is 6.42 Å². The quantitative estimate of drug-likeness (QED) is 0.782. The number of nitrogens with zero attached hydrogens (tertiary/aromatic N) is 4. The second-order valence-corrected chi connectivity index (χ2v) is 4.00. The van der Waals surface area contributed by atoms with Crippen LogP contribution in [0.5, 0.6) is 0 Å². The summed E-state index contributed by atoms with van der Waals surface area (Å²) in [5.41, 5.74) is 1.20. The summed E-state index contributed by atoms with van der Waals surface area (Å²) in [4.78, 5) is 20.1. The summed E-state index contributed by atoms with van der Waals surface area (Å²) in [6.45, 7) is 3.56. The highest BCUT2D eigenvalue weighted by Gasteiger charge is 2.16. The van der Waals surface area contributed by atoms with Gasteiger partial charge in [0.25, 0.3) is 11.7 Å². The van der Waals surface area contributed by atoms with Crippen molar-refractivity contribution in [3.63, 3.8) is 0 Å². The number of nitrogens with one attached hydrogen (secondary N) is 1. The molecule has 2 heterocycles. The van der Waals surface area contributed by atoms with Gasteiger partial charge in [0.1, 0.15) is 6.33 Å². The van der Waals surface area contributed by atoms with Crippen LogP contribution >= 0.6 is 0 Å². The third kappa shape index (κ3) is 2.17. The van der Waals surface area contributed by atoms with Crippen LogP contribution in [0.3, 0.4) is 0 Å². The van der Waals surface area contributed by atoms with E-state index in [0.717, 1.165) is 5.69 Å². The Morgan fingerprint density at radius 3 is 3.00 bits per heavy atom. The van der Waals surface area contributed by atoms with Gasteiger partial charge in [-0.25, -0.2) is 9.50 Å². The molecule has 18 heavy (non-hydrogen) atoms. The van der Waals surface area contributed by atoms with Crippen LogP contribution in [0.15, 0.2) is 12.5 Å². The van der Waals surface area contributed by atoms with Crippen molar-refractivity contribution in [2.45, 2.75) is 26.3 Å². The molecule has 2 aromatic heterocycles. The zero-order valence-electron chi connectivity index (χ0n) is 10.3. The van der Waals surface area contributed by atoms with Gasteiger partial charge in [0, 0.05) is 12.2 Å². The maximum Gasteiger partial charge on any atom is 0.254 e. The van der Waals surface area contributed by atoms with Crippen molar-refractivity contribution in [1.82, 2.24) is 24.9 Å². The number of carbonyl (C=O) groups is 1. The molecule has 0 aromatic carbocycles. The Morgan fingerprint density at radius 2 is 2.33 bits per heavy atom. The van der Waals surface area contributed by atoms with E-state index in [9.17, 15) is 4.79 Å². The molecule has 0 unspecified atom stereocenters. The number of hydrogen-bond acceptors (Lipinski definition) is 5. The zero-order valence-corrected chi connectivity index (χ0v) is 10.3. The molecule has 0 fully saturated rings. The van der Waals surface area contributed by atoms with Crippen molar-refractivity contribution in [2.75, 3.05) is 6.61 Å². The molecular formula is C11H15N5O2. The first-order chi connectivity index (χ1) is 8.67. The first-order valence-corrected chi connectivity index (χ1v) is 5.76. The number of aryl methyl sites for hydroxylation is 1. The van der Waals surface area contributed by atoms with Gasteiger partial charge in [-0.2, -0.15) is 10.1 Å². The second kappa shape index (κ2) is 5.09. The molecule has 0 aliphatic heterocycles. The predicted molar refractivity (Wildman–Crippen MR) is 64.2 cm³/mol. The summed E-state index contributed by atoms with van der Waals surface area (Å²) in [5.74, 6) is 0.205. The number of aromatic nitrogens is 4. The smallest absolute Gasteiger partial charge is 0.254 e. The fourth-order valence-corrected chi connectivity index (χ4v) is 1.70. The van der Waals surface area contributed by atoms with Gasteiger partial charge in [-0.3, -0.25) is 4.79 Å². The molecule has 2 rings (SSSR count). The summed E-state index contributed by atoms with van der Waals surface area (Å²) < 4.78 is 1.55. The third-order valence-corrected chi connectivity index (χ3v) is 2.64. The molecule has 0 aliphatic rings. The van der Waals surface area contributed by atoms with E-state index in [0.29, 0.717) is 17.8 Å². The van der Waals surface area contributed by atoms with Gasteiger partial charge in [-0.05, 0) is 13.3 Å². The number of amides is 1. The maximum atomic E-state index is 12.0. The van der Waals surface area contributed by atoms with E-state index in [4.69, 9.17) is 5.11 Å². The van der Waals surface area contributed by atoms with Gasteiger partial charge in [0.15, 0.2) is 0 Å². The lowest BCUT2D eigenvalue weighted by Gasteiger charge is -2.13. The summed E-state index contributed by atoms with van der Waals surface area (Å²) >= 11 is 0. The Labute approximate surface area is 104 Å². The molecule has 0 bridgehead atoms. The van der Waals surface area contributed by atoms with E-state index in [2.05, 4.69) is 20.4 Å². The summed E-state index contributed by atoms with van der Waals surface area (Å²) in [7, 11) is 0.